The number of carbonyl (C=O) groups excluding carboxylic acids is 2. The smallest absolute Gasteiger partial charge is 0.251 e. The van der Waals surface area contributed by atoms with E-state index in [0.29, 0.717) is 42.9 Å². The van der Waals surface area contributed by atoms with Crippen LogP contribution in [0.2, 0.25) is 5.02 Å². The van der Waals surface area contributed by atoms with Crippen LogP contribution in [0.25, 0.3) is 0 Å². The highest BCUT2D eigenvalue weighted by Crippen LogP contribution is 2.16. The van der Waals surface area contributed by atoms with Crippen molar-refractivity contribution in [3.05, 3.63) is 34.9 Å². The van der Waals surface area contributed by atoms with Crippen molar-refractivity contribution < 1.29 is 18.0 Å². The van der Waals surface area contributed by atoms with Crippen molar-refractivity contribution in [3.63, 3.8) is 0 Å². The number of halogens is 1. The first-order chi connectivity index (χ1) is 13.6. The molecular weight excluding hydrogens is 414 g/mol. The SMILES string of the molecule is CCCS(=O)(=O)NC1CCN(C(=O)C(NC(=O)c2ccc(Cl)cc2)C(C)C)CC1. The Morgan fingerprint density at radius 1 is 1.17 bits per heavy atom. The first-order valence-corrected chi connectivity index (χ1v) is 12.0. The number of piperidine rings is 1. The summed E-state index contributed by atoms with van der Waals surface area (Å²) in [5.41, 5.74) is 0.442. The Balaban J connectivity index is 1.96. The maximum absolute atomic E-state index is 13.0. The zero-order chi connectivity index (χ0) is 21.6. The highest BCUT2D eigenvalue weighted by atomic mass is 35.5. The highest BCUT2D eigenvalue weighted by Gasteiger charge is 2.32. The van der Waals surface area contributed by atoms with Gasteiger partial charge in [-0.3, -0.25) is 9.59 Å². The fourth-order valence-electron chi connectivity index (χ4n) is 3.34. The zero-order valence-electron chi connectivity index (χ0n) is 17.2. The molecule has 0 aromatic heterocycles. The molecule has 1 heterocycles. The second kappa shape index (κ2) is 10.4. The standard InChI is InChI=1S/C20H30ClN3O4S/c1-4-13-29(27,28)23-17-9-11-24(12-10-17)20(26)18(14(2)3)22-19(25)15-5-7-16(21)8-6-15/h5-8,14,17-18,23H,4,9-13H2,1-3H3,(H,22,25). The molecule has 1 fully saturated rings. The van der Waals surface area contributed by atoms with Crippen LogP contribution in [0.3, 0.4) is 0 Å². The topological polar surface area (TPSA) is 95.6 Å². The van der Waals surface area contributed by atoms with Crippen LogP contribution in [0.1, 0.15) is 50.4 Å². The van der Waals surface area contributed by atoms with Crippen LogP contribution in [0, 0.1) is 5.92 Å². The van der Waals surface area contributed by atoms with Gasteiger partial charge in [0, 0.05) is 29.7 Å². The van der Waals surface area contributed by atoms with Gasteiger partial charge in [0.15, 0.2) is 0 Å². The molecule has 1 saturated heterocycles. The minimum absolute atomic E-state index is 0.0838. The van der Waals surface area contributed by atoms with E-state index in [1.54, 1.807) is 29.2 Å². The van der Waals surface area contributed by atoms with Crippen LogP contribution in [0.4, 0.5) is 0 Å². The summed E-state index contributed by atoms with van der Waals surface area (Å²) >= 11 is 5.86. The predicted octanol–water partition coefficient (Wildman–Crippen LogP) is 2.41. The molecule has 2 amide bonds. The molecule has 0 spiro atoms. The Kier molecular flexibility index (Phi) is 8.48. The Bertz CT molecular complexity index is 804. The van der Waals surface area contributed by atoms with E-state index >= 15 is 0 Å². The third-order valence-corrected chi connectivity index (χ3v) is 6.84. The number of likely N-dealkylation sites (tertiary alicyclic amines) is 1. The molecule has 9 heteroatoms. The fourth-order valence-corrected chi connectivity index (χ4v) is 4.86. The number of sulfonamides is 1. The van der Waals surface area contributed by atoms with Crippen LogP contribution in [-0.4, -0.2) is 56.1 Å². The van der Waals surface area contributed by atoms with Gasteiger partial charge in [0.05, 0.1) is 5.75 Å². The van der Waals surface area contributed by atoms with Crippen LogP contribution in [-0.2, 0) is 14.8 Å². The molecule has 0 radical (unpaired) electrons. The number of rotatable bonds is 8. The van der Waals surface area contributed by atoms with Crippen molar-refractivity contribution in [2.45, 2.75) is 52.1 Å². The van der Waals surface area contributed by atoms with E-state index in [1.165, 1.54) is 0 Å². The van der Waals surface area contributed by atoms with E-state index in [9.17, 15) is 18.0 Å². The maximum Gasteiger partial charge on any atom is 0.251 e. The first kappa shape index (κ1) is 23.6. The van der Waals surface area contributed by atoms with Crippen molar-refractivity contribution >= 4 is 33.4 Å². The highest BCUT2D eigenvalue weighted by molar-refractivity contribution is 7.89. The average Bonchev–Trinajstić information content (AvgIpc) is 2.66. The van der Waals surface area contributed by atoms with Crippen molar-refractivity contribution in [1.29, 1.82) is 0 Å². The average molecular weight is 444 g/mol. The van der Waals surface area contributed by atoms with E-state index in [1.807, 2.05) is 20.8 Å². The van der Waals surface area contributed by atoms with Crippen molar-refractivity contribution in [2.24, 2.45) is 5.92 Å². The lowest BCUT2D eigenvalue weighted by molar-refractivity contribution is -0.135. The van der Waals surface area contributed by atoms with Gasteiger partial charge in [0.25, 0.3) is 5.91 Å². The van der Waals surface area contributed by atoms with Gasteiger partial charge < -0.3 is 10.2 Å². The normalized spacial score (nSPS) is 16.7. The van der Waals surface area contributed by atoms with Crippen molar-refractivity contribution in [2.75, 3.05) is 18.8 Å². The minimum Gasteiger partial charge on any atom is -0.341 e. The molecule has 7 nitrogen and oxygen atoms in total. The Hall–Kier alpha value is -1.64. The third kappa shape index (κ3) is 6.97. The van der Waals surface area contributed by atoms with Crippen LogP contribution >= 0.6 is 11.6 Å². The first-order valence-electron chi connectivity index (χ1n) is 9.98. The number of benzene rings is 1. The van der Waals surface area contributed by atoms with Gasteiger partial charge in [-0.25, -0.2) is 13.1 Å². The number of carbonyl (C=O) groups is 2. The summed E-state index contributed by atoms with van der Waals surface area (Å²) < 4.78 is 26.6. The fraction of sp³-hybridized carbons (Fsp3) is 0.600. The molecule has 2 rings (SSSR count). The largest absolute Gasteiger partial charge is 0.341 e. The molecule has 29 heavy (non-hydrogen) atoms. The lowest BCUT2D eigenvalue weighted by Gasteiger charge is -2.35. The summed E-state index contributed by atoms with van der Waals surface area (Å²) in [4.78, 5) is 27.2. The molecule has 1 atom stereocenters. The minimum atomic E-state index is -3.27. The number of hydrogen-bond acceptors (Lipinski definition) is 4. The van der Waals surface area contributed by atoms with Gasteiger partial charge in [-0.1, -0.05) is 32.4 Å². The van der Waals surface area contributed by atoms with Gasteiger partial charge in [-0.2, -0.15) is 0 Å². The van der Waals surface area contributed by atoms with Crippen molar-refractivity contribution in [3.8, 4) is 0 Å². The summed E-state index contributed by atoms with van der Waals surface area (Å²) in [6.45, 7) is 6.51. The maximum atomic E-state index is 13.0. The molecule has 162 valence electrons. The number of hydrogen-bond donors (Lipinski definition) is 2. The van der Waals surface area contributed by atoms with E-state index in [-0.39, 0.29) is 29.5 Å². The number of amides is 2. The summed E-state index contributed by atoms with van der Waals surface area (Å²) in [5, 5.41) is 3.37. The van der Waals surface area contributed by atoms with Crippen LogP contribution in [0.5, 0.6) is 0 Å². The molecule has 1 aromatic carbocycles. The van der Waals surface area contributed by atoms with Crippen molar-refractivity contribution in [1.82, 2.24) is 14.9 Å². The van der Waals surface area contributed by atoms with E-state index in [0.717, 1.165) is 0 Å². The van der Waals surface area contributed by atoms with Gasteiger partial charge in [0.2, 0.25) is 15.9 Å². The molecule has 1 unspecified atom stereocenters. The molecule has 2 N–H and O–H groups in total. The van der Waals surface area contributed by atoms with E-state index in [4.69, 9.17) is 11.6 Å². The lowest BCUT2D eigenvalue weighted by atomic mass is 9.99. The summed E-state index contributed by atoms with van der Waals surface area (Å²) in [7, 11) is -3.27. The molecule has 0 saturated carbocycles. The lowest BCUT2D eigenvalue weighted by Crippen LogP contribution is -2.54. The third-order valence-electron chi connectivity index (χ3n) is 4.95. The second-order valence-corrected chi connectivity index (χ2v) is 10.0. The van der Waals surface area contributed by atoms with Gasteiger partial charge >= 0.3 is 0 Å². The molecule has 0 aliphatic carbocycles. The van der Waals surface area contributed by atoms with Crippen LogP contribution < -0.4 is 10.0 Å². The van der Waals surface area contributed by atoms with Gasteiger partial charge in [0.1, 0.15) is 6.04 Å². The monoisotopic (exact) mass is 443 g/mol. The van der Waals surface area contributed by atoms with E-state index in [2.05, 4.69) is 10.0 Å². The molecular formula is C20H30ClN3O4S. The molecule has 1 aliphatic heterocycles. The molecule has 1 aliphatic rings. The molecule has 0 bridgehead atoms. The molecule has 1 aromatic rings. The quantitative estimate of drug-likeness (QED) is 0.644. The summed E-state index contributed by atoms with van der Waals surface area (Å²) in [6, 6.07) is 5.70. The van der Waals surface area contributed by atoms with Gasteiger partial charge in [-0.05, 0) is 49.4 Å². The predicted molar refractivity (Wildman–Crippen MR) is 114 cm³/mol. The number of nitrogens with one attached hydrogen (secondary N) is 2. The zero-order valence-corrected chi connectivity index (χ0v) is 18.7. The summed E-state index contributed by atoms with van der Waals surface area (Å²) in [6.07, 6.45) is 1.69. The Morgan fingerprint density at radius 3 is 2.28 bits per heavy atom. The van der Waals surface area contributed by atoms with E-state index < -0.39 is 16.1 Å². The number of nitrogens with zero attached hydrogens (tertiary/aromatic N) is 1. The van der Waals surface area contributed by atoms with Crippen LogP contribution in [0.15, 0.2) is 24.3 Å². The summed E-state index contributed by atoms with van der Waals surface area (Å²) in [5.74, 6) is -0.439. The van der Waals surface area contributed by atoms with Gasteiger partial charge in [-0.15, -0.1) is 0 Å². The Labute approximate surface area is 178 Å². The second-order valence-electron chi connectivity index (χ2n) is 7.74. The Morgan fingerprint density at radius 2 is 1.76 bits per heavy atom.